The van der Waals surface area contributed by atoms with Gasteiger partial charge in [0.05, 0.1) is 5.75 Å². The van der Waals surface area contributed by atoms with Gasteiger partial charge in [-0.25, -0.2) is 0 Å². The first-order valence-corrected chi connectivity index (χ1v) is 7.52. The van der Waals surface area contributed by atoms with Crippen molar-refractivity contribution >= 4 is 17.7 Å². The van der Waals surface area contributed by atoms with Gasteiger partial charge in [-0.1, -0.05) is 18.7 Å². The van der Waals surface area contributed by atoms with E-state index in [9.17, 15) is 4.79 Å². The number of rotatable bonds is 10. The van der Waals surface area contributed by atoms with Gasteiger partial charge in [-0.2, -0.15) is 0 Å². The van der Waals surface area contributed by atoms with Crippen LogP contribution in [0.1, 0.15) is 32.5 Å². The molecule has 0 atom stereocenters. The lowest BCUT2D eigenvalue weighted by Crippen LogP contribution is -2.09. The molecule has 19 heavy (non-hydrogen) atoms. The first-order chi connectivity index (χ1) is 9.19. The maximum Gasteiger partial charge on any atom is 0.313 e. The van der Waals surface area contributed by atoms with Crippen LogP contribution in [0.25, 0.3) is 0 Å². The van der Waals surface area contributed by atoms with Crippen LogP contribution >= 0.6 is 11.8 Å². The Labute approximate surface area is 117 Å². The van der Waals surface area contributed by atoms with Crippen molar-refractivity contribution in [3.05, 3.63) is 5.82 Å². The smallest absolute Gasteiger partial charge is 0.313 e. The van der Waals surface area contributed by atoms with Gasteiger partial charge in [0.25, 0.3) is 0 Å². The number of thioether (sulfide) groups is 1. The molecule has 1 aromatic rings. The standard InChI is InChI=1S/C12H21N3O3S/c1-3-6-10-13-14-12(19-9-11(16)17)15(10)7-5-8-18-4-2/h3-9H2,1-2H3,(H,16,17). The number of carboxylic acids is 1. The van der Waals surface area contributed by atoms with Gasteiger partial charge in [-0.15, -0.1) is 10.2 Å². The lowest BCUT2D eigenvalue weighted by molar-refractivity contribution is -0.133. The monoisotopic (exact) mass is 287 g/mol. The fraction of sp³-hybridized carbons (Fsp3) is 0.750. The molecule has 1 heterocycles. The van der Waals surface area contributed by atoms with E-state index in [-0.39, 0.29) is 5.75 Å². The van der Waals surface area contributed by atoms with Gasteiger partial charge >= 0.3 is 5.97 Å². The molecule has 0 aliphatic heterocycles. The highest BCUT2D eigenvalue weighted by Gasteiger charge is 2.13. The zero-order valence-electron chi connectivity index (χ0n) is 11.5. The molecule has 7 heteroatoms. The Morgan fingerprint density at radius 2 is 2.21 bits per heavy atom. The summed E-state index contributed by atoms with van der Waals surface area (Å²) in [6.07, 6.45) is 2.73. The Morgan fingerprint density at radius 3 is 2.84 bits per heavy atom. The van der Waals surface area contributed by atoms with Crippen molar-refractivity contribution in [1.82, 2.24) is 14.8 Å². The van der Waals surface area contributed by atoms with Gasteiger partial charge in [0.15, 0.2) is 5.16 Å². The van der Waals surface area contributed by atoms with E-state index in [2.05, 4.69) is 17.1 Å². The summed E-state index contributed by atoms with van der Waals surface area (Å²) >= 11 is 1.21. The highest BCUT2D eigenvalue weighted by atomic mass is 32.2. The first-order valence-electron chi connectivity index (χ1n) is 6.53. The third-order valence-electron chi connectivity index (χ3n) is 2.47. The van der Waals surface area contributed by atoms with Crippen LogP contribution in [0.5, 0.6) is 0 Å². The average molecular weight is 287 g/mol. The predicted octanol–water partition coefficient (Wildman–Crippen LogP) is 1.83. The number of carbonyl (C=O) groups is 1. The van der Waals surface area contributed by atoms with Crippen LogP contribution in [-0.2, 0) is 22.5 Å². The number of aliphatic carboxylic acids is 1. The molecule has 0 aromatic carbocycles. The Bertz CT molecular complexity index is 396. The van der Waals surface area contributed by atoms with Crippen LogP contribution in [-0.4, -0.2) is 44.8 Å². The second-order valence-corrected chi connectivity index (χ2v) is 4.98. The molecule has 0 aliphatic rings. The average Bonchev–Trinajstić information content (AvgIpc) is 2.75. The van der Waals surface area contributed by atoms with Gasteiger partial charge in [0.1, 0.15) is 5.82 Å². The molecule has 0 amide bonds. The van der Waals surface area contributed by atoms with Gasteiger partial charge in [0, 0.05) is 26.2 Å². The summed E-state index contributed by atoms with van der Waals surface area (Å²) in [6.45, 7) is 6.23. The van der Waals surface area contributed by atoms with E-state index in [1.807, 2.05) is 11.5 Å². The summed E-state index contributed by atoms with van der Waals surface area (Å²) in [5.74, 6) is 0.0909. The number of carboxylic acid groups (broad SMARTS) is 1. The fourth-order valence-corrected chi connectivity index (χ4v) is 2.36. The summed E-state index contributed by atoms with van der Waals surface area (Å²) in [6, 6.07) is 0. The van der Waals surface area contributed by atoms with Gasteiger partial charge < -0.3 is 14.4 Å². The first kappa shape index (κ1) is 16.0. The summed E-state index contributed by atoms with van der Waals surface area (Å²) in [5, 5.41) is 17.6. The third kappa shape index (κ3) is 5.61. The van der Waals surface area contributed by atoms with Gasteiger partial charge in [0.2, 0.25) is 0 Å². The summed E-state index contributed by atoms with van der Waals surface area (Å²) in [5.41, 5.74) is 0. The van der Waals surface area contributed by atoms with E-state index >= 15 is 0 Å². The molecule has 0 aliphatic carbocycles. The molecule has 0 saturated heterocycles. The molecule has 6 nitrogen and oxygen atoms in total. The largest absolute Gasteiger partial charge is 0.481 e. The topological polar surface area (TPSA) is 77.2 Å². The Morgan fingerprint density at radius 1 is 1.42 bits per heavy atom. The minimum Gasteiger partial charge on any atom is -0.481 e. The SMILES string of the molecule is CCCc1nnc(SCC(=O)O)n1CCCOCC. The number of hydrogen-bond acceptors (Lipinski definition) is 5. The van der Waals surface area contributed by atoms with Crippen molar-refractivity contribution < 1.29 is 14.6 Å². The number of aryl methyl sites for hydroxylation is 1. The normalized spacial score (nSPS) is 10.8. The van der Waals surface area contributed by atoms with E-state index < -0.39 is 5.97 Å². The minimum absolute atomic E-state index is 0.00964. The molecule has 0 unspecified atom stereocenters. The highest BCUT2D eigenvalue weighted by molar-refractivity contribution is 7.99. The second-order valence-electron chi connectivity index (χ2n) is 4.03. The van der Waals surface area contributed by atoms with E-state index in [1.165, 1.54) is 11.8 Å². The second kappa shape index (κ2) is 8.92. The summed E-state index contributed by atoms with van der Waals surface area (Å²) < 4.78 is 7.32. The number of nitrogens with zero attached hydrogens (tertiary/aromatic N) is 3. The van der Waals surface area contributed by atoms with Crippen LogP contribution < -0.4 is 0 Å². The molecule has 1 aromatic heterocycles. The maximum absolute atomic E-state index is 10.6. The van der Waals surface area contributed by atoms with Crippen molar-refractivity contribution in [1.29, 1.82) is 0 Å². The molecular weight excluding hydrogens is 266 g/mol. The summed E-state index contributed by atoms with van der Waals surface area (Å²) in [7, 11) is 0. The lowest BCUT2D eigenvalue weighted by Gasteiger charge is -2.09. The molecule has 108 valence electrons. The van der Waals surface area contributed by atoms with E-state index in [0.717, 1.165) is 31.6 Å². The van der Waals surface area contributed by atoms with Crippen LogP contribution in [0.4, 0.5) is 0 Å². The van der Waals surface area contributed by atoms with Crippen molar-refractivity contribution in [3.63, 3.8) is 0 Å². The van der Waals surface area contributed by atoms with E-state index in [4.69, 9.17) is 9.84 Å². The van der Waals surface area contributed by atoms with Crippen molar-refractivity contribution in [3.8, 4) is 0 Å². The molecule has 0 radical (unpaired) electrons. The molecule has 0 saturated carbocycles. The predicted molar refractivity (Wildman–Crippen MR) is 73.5 cm³/mol. The van der Waals surface area contributed by atoms with Gasteiger partial charge in [-0.05, 0) is 19.8 Å². The molecule has 0 fully saturated rings. The molecule has 1 N–H and O–H groups in total. The molecular formula is C12H21N3O3S. The fourth-order valence-electron chi connectivity index (χ4n) is 1.65. The number of aromatic nitrogens is 3. The van der Waals surface area contributed by atoms with Crippen molar-refractivity contribution in [2.24, 2.45) is 0 Å². The highest BCUT2D eigenvalue weighted by Crippen LogP contribution is 2.18. The van der Waals surface area contributed by atoms with Crippen LogP contribution in [0.3, 0.4) is 0 Å². The Balaban J connectivity index is 2.64. The number of hydrogen-bond donors (Lipinski definition) is 1. The van der Waals surface area contributed by atoms with Crippen molar-refractivity contribution in [2.75, 3.05) is 19.0 Å². The van der Waals surface area contributed by atoms with Crippen molar-refractivity contribution in [2.45, 2.75) is 44.8 Å². The van der Waals surface area contributed by atoms with Crippen LogP contribution in [0.15, 0.2) is 5.16 Å². The summed E-state index contributed by atoms with van der Waals surface area (Å²) in [4.78, 5) is 10.6. The Kier molecular flexibility index (Phi) is 7.50. The molecule has 1 rings (SSSR count). The molecule has 0 bridgehead atoms. The number of ether oxygens (including phenoxy) is 1. The van der Waals surface area contributed by atoms with E-state index in [1.54, 1.807) is 0 Å². The van der Waals surface area contributed by atoms with Gasteiger partial charge in [-0.3, -0.25) is 4.79 Å². The molecule has 0 spiro atoms. The third-order valence-corrected chi connectivity index (χ3v) is 3.42. The van der Waals surface area contributed by atoms with Crippen LogP contribution in [0, 0.1) is 0 Å². The van der Waals surface area contributed by atoms with Crippen LogP contribution in [0.2, 0.25) is 0 Å². The lowest BCUT2D eigenvalue weighted by atomic mass is 10.3. The minimum atomic E-state index is -0.842. The van der Waals surface area contributed by atoms with E-state index in [0.29, 0.717) is 18.4 Å². The maximum atomic E-state index is 10.6. The zero-order chi connectivity index (χ0) is 14.1. The zero-order valence-corrected chi connectivity index (χ0v) is 12.3. The quantitative estimate of drug-likeness (QED) is 0.522. The Hall–Kier alpha value is -1.08.